The molecule has 0 fully saturated rings. The highest BCUT2D eigenvalue weighted by atomic mass is 32.1. The van der Waals surface area contributed by atoms with E-state index in [9.17, 15) is 0 Å². The van der Waals surface area contributed by atoms with E-state index in [2.05, 4.69) is 46.3 Å². The number of para-hydroxylation sites is 2. The number of hydrogen-bond acceptors (Lipinski definition) is 2. The first-order valence-electron chi connectivity index (χ1n) is 11.0. The molecule has 0 saturated heterocycles. The minimum atomic E-state index is -2.11. The third-order valence-corrected chi connectivity index (χ3v) is 6.31. The fraction of sp³-hybridized carbons (Fsp3) is 0.0385. The van der Waals surface area contributed by atoms with E-state index in [1.165, 1.54) is 10.8 Å². The molecule has 0 aliphatic carbocycles. The van der Waals surface area contributed by atoms with Gasteiger partial charge in [-0.2, -0.15) is 0 Å². The van der Waals surface area contributed by atoms with Crippen LogP contribution in [0.3, 0.4) is 0 Å². The van der Waals surface area contributed by atoms with E-state index in [0.717, 1.165) is 38.2 Å². The van der Waals surface area contributed by atoms with Crippen LogP contribution in [0.1, 0.15) is 9.68 Å². The molecular formula is C26H18N2S. The number of hydrogen-bond donors (Lipinski definition) is 0. The molecule has 0 atom stereocenters. The monoisotopic (exact) mass is 393 g/mol. The molecule has 0 bridgehead atoms. The zero-order valence-electron chi connectivity index (χ0n) is 18.5. The van der Waals surface area contributed by atoms with Gasteiger partial charge >= 0.3 is 0 Å². The molecule has 0 radical (unpaired) electrons. The van der Waals surface area contributed by atoms with Gasteiger partial charge in [-0.1, -0.05) is 54.6 Å². The zero-order chi connectivity index (χ0) is 21.9. The average molecular weight is 394 g/mol. The smallest absolute Gasteiger partial charge is 0.147 e. The SMILES string of the molecule is [2H]C([2H])([2H])c1ccc2c(-c3nc4ccccc4n3-c3ccc4ccccc4c3)csc2c1. The Balaban J connectivity index is 1.62. The lowest BCUT2D eigenvalue weighted by molar-refractivity contribution is 1.11. The summed E-state index contributed by atoms with van der Waals surface area (Å²) in [5.41, 5.74) is 4.38. The summed E-state index contributed by atoms with van der Waals surface area (Å²) >= 11 is 1.55. The summed E-state index contributed by atoms with van der Waals surface area (Å²) in [6.45, 7) is -2.11. The summed E-state index contributed by atoms with van der Waals surface area (Å²) in [6, 6.07) is 28.3. The molecule has 0 saturated carbocycles. The molecule has 4 aromatic carbocycles. The molecule has 2 nitrogen and oxygen atoms in total. The first kappa shape index (κ1) is 13.7. The van der Waals surface area contributed by atoms with E-state index in [4.69, 9.17) is 9.10 Å². The molecule has 0 amide bonds. The van der Waals surface area contributed by atoms with Gasteiger partial charge in [0.05, 0.1) is 11.0 Å². The van der Waals surface area contributed by atoms with E-state index in [1.54, 1.807) is 23.5 Å². The lowest BCUT2D eigenvalue weighted by atomic mass is 10.1. The van der Waals surface area contributed by atoms with Gasteiger partial charge < -0.3 is 0 Å². The lowest BCUT2D eigenvalue weighted by Crippen LogP contribution is -1.97. The molecule has 3 heteroatoms. The van der Waals surface area contributed by atoms with Crippen LogP contribution in [0.4, 0.5) is 0 Å². The van der Waals surface area contributed by atoms with Crippen molar-refractivity contribution in [3.63, 3.8) is 0 Å². The number of imidazole rings is 1. The van der Waals surface area contributed by atoms with Crippen LogP contribution in [-0.4, -0.2) is 9.55 Å². The third kappa shape index (κ3) is 2.59. The van der Waals surface area contributed by atoms with Crippen molar-refractivity contribution in [2.24, 2.45) is 0 Å². The highest BCUT2D eigenvalue weighted by Gasteiger charge is 2.17. The molecule has 6 aromatic rings. The number of thiophene rings is 1. The third-order valence-electron chi connectivity index (χ3n) is 5.37. The Morgan fingerprint density at radius 1 is 0.862 bits per heavy atom. The molecule has 6 rings (SSSR count). The number of aromatic nitrogens is 2. The van der Waals surface area contributed by atoms with Gasteiger partial charge in [-0.15, -0.1) is 11.3 Å². The normalized spacial score (nSPS) is 13.6. The van der Waals surface area contributed by atoms with E-state index in [0.29, 0.717) is 5.56 Å². The quantitative estimate of drug-likeness (QED) is 0.300. The van der Waals surface area contributed by atoms with Crippen molar-refractivity contribution in [3.05, 3.63) is 95.9 Å². The summed E-state index contributed by atoms with van der Waals surface area (Å²) in [4.78, 5) is 4.99. The van der Waals surface area contributed by atoms with Crippen LogP contribution in [0.15, 0.2) is 90.3 Å². The number of benzene rings is 4. The average Bonchev–Trinajstić information content (AvgIpc) is 3.39. The first-order chi connectivity index (χ1) is 15.5. The van der Waals surface area contributed by atoms with Crippen molar-refractivity contribution in [1.29, 1.82) is 0 Å². The maximum atomic E-state index is 7.73. The molecule has 2 aromatic heterocycles. The molecular weight excluding hydrogens is 372 g/mol. The van der Waals surface area contributed by atoms with E-state index in [-0.39, 0.29) is 0 Å². The number of rotatable bonds is 2. The zero-order valence-corrected chi connectivity index (χ0v) is 16.3. The predicted molar refractivity (Wildman–Crippen MR) is 124 cm³/mol. The van der Waals surface area contributed by atoms with Crippen LogP contribution >= 0.6 is 11.3 Å². The topological polar surface area (TPSA) is 17.8 Å². The van der Waals surface area contributed by atoms with Gasteiger partial charge in [-0.25, -0.2) is 4.98 Å². The lowest BCUT2D eigenvalue weighted by Gasteiger charge is -2.10. The second-order valence-corrected chi connectivity index (χ2v) is 8.06. The molecule has 0 aliphatic rings. The molecule has 2 heterocycles. The molecule has 0 aliphatic heterocycles. The summed E-state index contributed by atoms with van der Waals surface area (Å²) < 4.78 is 26.3. The molecule has 0 spiro atoms. The van der Waals surface area contributed by atoms with Crippen molar-refractivity contribution < 1.29 is 4.11 Å². The van der Waals surface area contributed by atoms with Crippen molar-refractivity contribution in [2.75, 3.05) is 0 Å². The number of nitrogens with zero attached hydrogens (tertiary/aromatic N) is 2. The molecule has 138 valence electrons. The van der Waals surface area contributed by atoms with Crippen molar-refractivity contribution in [2.45, 2.75) is 6.85 Å². The fourth-order valence-electron chi connectivity index (χ4n) is 3.99. The summed E-state index contributed by atoms with van der Waals surface area (Å²) in [7, 11) is 0. The van der Waals surface area contributed by atoms with Gasteiger partial charge in [0, 0.05) is 30.8 Å². The maximum Gasteiger partial charge on any atom is 0.147 e. The number of fused-ring (bicyclic) bond motifs is 3. The van der Waals surface area contributed by atoms with Gasteiger partial charge in [0.15, 0.2) is 0 Å². The summed E-state index contributed by atoms with van der Waals surface area (Å²) in [6.07, 6.45) is 0. The van der Waals surface area contributed by atoms with E-state index in [1.807, 2.05) is 36.4 Å². The Labute approximate surface area is 176 Å². The Morgan fingerprint density at radius 3 is 2.66 bits per heavy atom. The van der Waals surface area contributed by atoms with Crippen LogP contribution < -0.4 is 0 Å². The van der Waals surface area contributed by atoms with E-state index < -0.39 is 6.85 Å². The van der Waals surface area contributed by atoms with E-state index >= 15 is 0 Å². The van der Waals surface area contributed by atoms with Gasteiger partial charge in [0.1, 0.15) is 5.82 Å². The largest absolute Gasteiger partial charge is 0.292 e. The Bertz CT molecular complexity index is 1630. The van der Waals surface area contributed by atoms with Crippen molar-refractivity contribution >= 4 is 43.2 Å². The Kier molecular flexibility index (Phi) is 2.97. The second kappa shape index (κ2) is 6.29. The van der Waals surface area contributed by atoms with Crippen LogP contribution in [0.5, 0.6) is 0 Å². The Hall–Kier alpha value is -3.43. The molecule has 29 heavy (non-hydrogen) atoms. The van der Waals surface area contributed by atoms with Crippen LogP contribution in [0.2, 0.25) is 0 Å². The first-order valence-corrected chi connectivity index (χ1v) is 10.4. The predicted octanol–water partition coefficient (Wildman–Crippen LogP) is 7.37. The van der Waals surface area contributed by atoms with Gasteiger partial charge in [-0.05, 0) is 53.5 Å². The number of aryl methyl sites for hydroxylation is 1. The van der Waals surface area contributed by atoms with Crippen LogP contribution in [0.25, 0.3) is 49.0 Å². The maximum absolute atomic E-state index is 7.73. The highest BCUT2D eigenvalue weighted by molar-refractivity contribution is 7.17. The fourth-order valence-corrected chi connectivity index (χ4v) is 4.96. The Morgan fingerprint density at radius 2 is 1.72 bits per heavy atom. The van der Waals surface area contributed by atoms with Crippen LogP contribution in [-0.2, 0) is 0 Å². The standard InChI is InChI=1S/C26H18N2S/c1-17-10-13-21-22(16-29-25(21)14-17)26-27-23-8-4-5-9-24(23)28(26)20-12-11-18-6-2-3-7-19(18)15-20/h2-16H,1H3/i1D3. The van der Waals surface area contributed by atoms with Crippen LogP contribution in [0, 0.1) is 6.85 Å². The molecule has 0 unspecified atom stereocenters. The van der Waals surface area contributed by atoms with Crippen molar-refractivity contribution in [3.8, 4) is 17.1 Å². The van der Waals surface area contributed by atoms with Gasteiger partial charge in [0.25, 0.3) is 0 Å². The summed E-state index contributed by atoms with van der Waals surface area (Å²) in [5.74, 6) is 0.856. The highest BCUT2D eigenvalue weighted by Crippen LogP contribution is 2.37. The minimum absolute atomic E-state index is 0.362. The summed E-state index contributed by atoms with van der Waals surface area (Å²) in [5, 5.41) is 5.46. The van der Waals surface area contributed by atoms with Gasteiger partial charge in [-0.3, -0.25) is 4.57 Å². The van der Waals surface area contributed by atoms with Gasteiger partial charge in [0.2, 0.25) is 0 Å². The van der Waals surface area contributed by atoms with Crippen molar-refractivity contribution in [1.82, 2.24) is 9.55 Å². The minimum Gasteiger partial charge on any atom is -0.292 e. The second-order valence-electron chi connectivity index (χ2n) is 7.15. The molecule has 0 N–H and O–H groups in total.